The van der Waals surface area contributed by atoms with E-state index in [2.05, 4.69) is 5.32 Å². The third-order valence-electron chi connectivity index (χ3n) is 5.12. The number of piperidine rings is 1. The van der Waals surface area contributed by atoms with Crippen LogP contribution in [0.15, 0.2) is 23.1 Å². The molecule has 0 radical (unpaired) electrons. The van der Waals surface area contributed by atoms with E-state index in [1.165, 1.54) is 4.31 Å². The lowest BCUT2D eigenvalue weighted by Gasteiger charge is -2.38. The van der Waals surface area contributed by atoms with Crippen LogP contribution in [0.1, 0.15) is 19.8 Å². The lowest BCUT2D eigenvalue weighted by atomic mass is 9.95. The first-order valence-electron chi connectivity index (χ1n) is 8.77. The molecule has 2 fully saturated rings. The Morgan fingerprint density at radius 3 is 2.46 bits per heavy atom. The Hall–Kier alpha value is -1.58. The molecule has 26 heavy (non-hydrogen) atoms. The number of nitrogens with one attached hydrogen (secondary N) is 1. The van der Waals surface area contributed by atoms with E-state index < -0.39 is 21.7 Å². The Balaban J connectivity index is 1.65. The van der Waals surface area contributed by atoms with E-state index in [0.29, 0.717) is 25.5 Å². The van der Waals surface area contributed by atoms with Crippen molar-refractivity contribution < 1.29 is 22.0 Å². The van der Waals surface area contributed by atoms with Gasteiger partial charge in [-0.25, -0.2) is 17.2 Å². The highest BCUT2D eigenvalue weighted by atomic mass is 32.2. The Labute approximate surface area is 152 Å². The highest BCUT2D eigenvalue weighted by molar-refractivity contribution is 7.89. The quantitative estimate of drug-likeness (QED) is 0.846. The molecule has 6 nitrogen and oxygen atoms in total. The number of nitrogens with zero attached hydrogens (tertiary/aromatic N) is 2. The summed E-state index contributed by atoms with van der Waals surface area (Å²) in [5.74, 6) is -2.40. The lowest BCUT2D eigenvalue weighted by Crippen LogP contribution is -2.55. The van der Waals surface area contributed by atoms with Gasteiger partial charge in [0.2, 0.25) is 15.9 Å². The first kappa shape index (κ1) is 19.2. The van der Waals surface area contributed by atoms with Crippen LogP contribution in [0.3, 0.4) is 0 Å². The second kappa shape index (κ2) is 7.58. The van der Waals surface area contributed by atoms with E-state index in [9.17, 15) is 22.0 Å². The minimum absolute atomic E-state index is 0.0730. The van der Waals surface area contributed by atoms with Crippen LogP contribution in [0.25, 0.3) is 0 Å². The molecule has 9 heteroatoms. The van der Waals surface area contributed by atoms with Crippen molar-refractivity contribution in [2.45, 2.75) is 30.7 Å². The number of halogens is 2. The van der Waals surface area contributed by atoms with Gasteiger partial charge in [-0.05, 0) is 38.0 Å². The SMILES string of the molecule is C[C@H]1CNCCN1C(=O)C1CCN(S(=O)(=O)c2ccc(F)c(F)c2)CC1. The number of carbonyl (C=O) groups is 1. The molecule has 0 aliphatic carbocycles. The molecule has 2 saturated heterocycles. The third-order valence-corrected chi connectivity index (χ3v) is 7.01. The number of carbonyl (C=O) groups excluding carboxylic acids is 1. The smallest absolute Gasteiger partial charge is 0.243 e. The molecule has 0 bridgehead atoms. The Bertz CT molecular complexity index is 779. The van der Waals surface area contributed by atoms with Gasteiger partial charge in [0.1, 0.15) is 0 Å². The van der Waals surface area contributed by atoms with Crippen LogP contribution in [-0.2, 0) is 14.8 Å². The molecule has 2 heterocycles. The number of piperazine rings is 1. The van der Waals surface area contributed by atoms with Gasteiger partial charge in [0.25, 0.3) is 0 Å². The van der Waals surface area contributed by atoms with Crippen molar-refractivity contribution in [1.29, 1.82) is 0 Å². The average Bonchev–Trinajstić information content (AvgIpc) is 2.64. The van der Waals surface area contributed by atoms with Crippen LogP contribution in [-0.4, -0.2) is 62.3 Å². The highest BCUT2D eigenvalue weighted by Crippen LogP contribution is 2.26. The molecule has 0 unspecified atom stereocenters. The molecule has 0 spiro atoms. The van der Waals surface area contributed by atoms with Gasteiger partial charge >= 0.3 is 0 Å². The van der Waals surface area contributed by atoms with E-state index in [-0.39, 0.29) is 35.9 Å². The third kappa shape index (κ3) is 3.74. The van der Waals surface area contributed by atoms with E-state index in [0.717, 1.165) is 25.2 Å². The largest absolute Gasteiger partial charge is 0.337 e. The second-order valence-electron chi connectivity index (χ2n) is 6.84. The Kier molecular flexibility index (Phi) is 5.59. The van der Waals surface area contributed by atoms with E-state index >= 15 is 0 Å². The molecule has 0 aromatic heterocycles. The zero-order chi connectivity index (χ0) is 18.9. The molecule has 0 saturated carbocycles. The molecule has 2 aliphatic rings. The van der Waals surface area contributed by atoms with Gasteiger partial charge in [-0.3, -0.25) is 4.79 Å². The number of hydrogen-bond donors (Lipinski definition) is 1. The summed E-state index contributed by atoms with van der Waals surface area (Å²) in [6, 6.07) is 2.70. The van der Waals surface area contributed by atoms with Crippen molar-refractivity contribution in [3.63, 3.8) is 0 Å². The molecule has 1 amide bonds. The van der Waals surface area contributed by atoms with Gasteiger partial charge in [0.15, 0.2) is 11.6 Å². The van der Waals surface area contributed by atoms with E-state index in [1.807, 2.05) is 11.8 Å². The van der Waals surface area contributed by atoms with Gasteiger partial charge in [-0.15, -0.1) is 0 Å². The molecular formula is C17H23F2N3O3S. The van der Waals surface area contributed by atoms with Gasteiger partial charge in [0, 0.05) is 44.7 Å². The van der Waals surface area contributed by atoms with Crippen LogP contribution in [0.4, 0.5) is 8.78 Å². The van der Waals surface area contributed by atoms with Crippen molar-refractivity contribution >= 4 is 15.9 Å². The standard InChI is InChI=1S/C17H23F2N3O3S/c1-12-11-20-6-9-22(12)17(23)13-4-7-21(8-5-13)26(24,25)14-2-3-15(18)16(19)10-14/h2-3,10,12-13,20H,4-9,11H2,1H3/t12-/m0/s1. The molecule has 2 aliphatic heterocycles. The summed E-state index contributed by atoms with van der Waals surface area (Å²) in [5, 5.41) is 3.24. The van der Waals surface area contributed by atoms with Gasteiger partial charge in [0.05, 0.1) is 4.90 Å². The summed E-state index contributed by atoms with van der Waals surface area (Å²) in [7, 11) is -3.89. The topological polar surface area (TPSA) is 69.7 Å². The minimum Gasteiger partial charge on any atom is -0.337 e. The number of hydrogen-bond acceptors (Lipinski definition) is 4. The summed E-state index contributed by atoms with van der Waals surface area (Å²) in [6.45, 7) is 4.56. The maximum absolute atomic E-state index is 13.4. The fourth-order valence-electron chi connectivity index (χ4n) is 3.53. The van der Waals surface area contributed by atoms with Gasteiger partial charge in [-0.1, -0.05) is 0 Å². The average molecular weight is 387 g/mol. The van der Waals surface area contributed by atoms with Crippen molar-refractivity contribution in [2.24, 2.45) is 5.92 Å². The van der Waals surface area contributed by atoms with Gasteiger partial charge < -0.3 is 10.2 Å². The summed E-state index contributed by atoms with van der Waals surface area (Å²) >= 11 is 0. The highest BCUT2D eigenvalue weighted by Gasteiger charge is 2.35. The maximum Gasteiger partial charge on any atom is 0.243 e. The number of rotatable bonds is 3. The van der Waals surface area contributed by atoms with Crippen LogP contribution in [0.2, 0.25) is 0 Å². The van der Waals surface area contributed by atoms with E-state index in [1.54, 1.807) is 0 Å². The molecule has 1 aromatic carbocycles. The monoisotopic (exact) mass is 387 g/mol. The van der Waals surface area contributed by atoms with Crippen molar-refractivity contribution in [2.75, 3.05) is 32.7 Å². The summed E-state index contributed by atoms with van der Waals surface area (Å²) < 4.78 is 52.9. The van der Waals surface area contributed by atoms with Crippen molar-refractivity contribution in [3.8, 4) is 0 Å². The molecule has 3 rings (SSSR count). The Morgan fingerprint density at radius 2 is 1.85 bits per heavy atom. The summed E-state index contributed by atoms with van der Waals surface area (Å²) in [6.07, 6.45) is 0.858. The van der Waals surface area contributed by atoms with Crippen LogP contribution in [0.5, 0.6) is 0 Å². The second-order valence-corrected chi connectivity index (χ2v) is 8.78. The minimum atomic E-state index is -3.89. The fourth-order valence-corrected chi connectivity index (χ4v) is 5.01. The molecule has 1 atom stereocenters. The summed E-state index contributed by atoms with van der Waals surface area (Å²) in [5.41, 5.74) is 0. The maximum atomic E-state index is 13.4. The zero-order valence-electron chi connectivity index (χ0n) is 14.6. The van der Waals surface area contributed by atoms with Crippen LogP contribution < -0.4 is 5.32 Å². The summed E-state index contributed by atoms with van der Waals surface area (Å²) in [4.78, 5) is 14.3. The van der Waals surface area contributed by atoms with Crippen LogP contribution >= 0.6 is 0 Å². The Morgan fingerprint density at radius 1 is 1.15 bits per heavy atom. The molecule has 1 N–H and O–H groups in total. The normalized spacial score (nSPS) is 23.2. The predicted octanol–water partition coefficient (Wildman–Crippen LogP) is 1.19. The predicted molar refractivity (Wildman–Crippen MR) is 91.9 cm³/mol. The zero-order valence-corrected chi connectivity index (χ0v) is 15.4. The number of benzene rings is 1. The molecular weight excluding hydrogens is 364 g/mol. The van der Waals surface area contributed by atoms with Crippen LogP contribution in [0, 0.1) is 17.6 Å². The van der Waals surface area contributed by atoms with Gasteiger partial charge in [-0.2, -0.15) is 4.31 Å². The molecule has 144 valence electrons. The molecule has 1 aromatic rings. The van der Waals surface area contributed by atoms with E-state index in [4.69, 9.17) is 0 Å². The van der Waals surface area contributed by atoms with Crippen molar-refractivity contribution in [1.82, 2.24) is 14.5 Å². The first-order chi connectivity index (χ1) is 12.3. The number of sulfonamides is 1. The van der Waals surface area contributed by atoms with Crippen molar-refractivity contribution in [3.05, 3.63) is 29.8 Å². The number of amides is 1. The lowest BCUT2D eigenvalue weighted by molar-refractivity contribution is -0.139. The fraction of sp³-hybridized carbons (Fsp3) is 0.588. The first-order valence-corrected chi connectivity index (χ1v) is 10.2.